The van der Waals surface area contributed by atoms with Gasteiger partial charge in [0.1, 0.15) is 0 Å². The molecule has 6 rings (SSSR count). The number of fused-ring (bicyclic) bond motifs is 3. The number of hydrogen-bond donors (Lipinski definition) is 0. The van der Waals surface area contributed by atoms with Crippen molar-refractivity contribution in [1.29, 1.82) is 0 Å². The number of nitrogens with zero attached hydrogens (tertiary/aromatic N) is 3. The smallest absolute Gasteiger partial charge is 0.223 e. The molecule has 3 heterocycles. The van der Waals surface area contributed by atoms with Crippen molar-refractivity contribution < 1.29 is 4.52 Å². The summed E-state index contributed by atoms with van der Waals surface area (Å²) >= 11 is 0. The van der Waals surface area contributed by atoms with E-state index >= 15 is 0 Å². The highest BCUT2D eigenvalue weighted by Crippen LogP contribution is 2.42. The second-order valence-corrected chi connectivity index (χ2v) is 8.69. The molecule has 4 nitrogen and oxygen atoms in total. The lowest BCUT2D eigenvalue weighted by atomic mass is 9.70. The highest BCUT2D eigenvalue weighted by Gasteiger charge is 2.42. The topological polar surface area (TPSA) is 42.2 Å². The lowest BCUT2D eigenvalue weighted by Gasteiger charge is -2.46. The summed E-state index contributed by atoms with van der Waals surface area (Å²) in [6.45, 7) is 4.18. The number of benzene rings is 2. The predicted molar refractivity (Wildman–Crippen MR) is 114 cm³/mol. The molecule has 3 aliphatic rings. The first-order valence-electron chi connectivity index (χ1n) is 10.9. The van der Waals surface area contributed by atoms with Crippen molar-refractivity contribution in [3.8, 4) is 0 Å². The molecule has 1 aliphatic carbocycles. The Morgan fingerprint density at radius 3 is 2.03 bits per heavy atom. The van der Waals surface area contributed by atoms with E-state index < -0.39 is 5.41 Å². The molecule has 0 atom stereocenters. The number of aromatic nitrogens is 2. The summed E-state index contributed by atoms with van der Waals surface area (Å²) in [5.74, 6) is 2.28. The molecule has 2 saturated heterocycles. The summed E-state index contributed by atoms with van der Waals surface area (Å²) in [7, 11) is 0. The van der Waals surface area contributed by atoms with Gasteiger partial charge in [0, 0.05) is 26.1 Å². The minimum absolute atomic E-state index is 0.406. The summed E-state index contributed by atoms with van der Waals surface area (Å²) in [6.07, 6.45) is 6.48. The van der Waals surface area contributed by atoms with Crippen LogP contribution in [0.5, 0.6) is 0 Å². The predicted octanol–water partition coefficient (Wildman–Crippen LogP) is 4.98. The number of piperidine rings is 2. The first kappa shape index (κ1) is 18.6. The van der Waals surface area contributed by atoms with E-state index in [1.54, 1.807) is 0 Å². The first-order chi connectivity index (χ1) is 14.3. The van der Waals surface area contributed by atoms with Crippen molar-refractivity contribution >= 4 is 0 Å². The van der Waals surface area contributed by atoms with E-state index in [1.165, 1.54) is 43.4 Å². The molecular weight excluding hydrogens is 358 g/mol. The molecule has 0 unspecified atom stereocenters. The van der Waals surface area contributed by atoms with Crippen LogP contribution in [0.3, 0.4) is 0 Å². The summed E-state index contributed by atoms with van der Waals surface area (Å²) in [5, 5.41) is 4.45. The SMILES string of the molecule is Cc1nc(C(CCN2CC3CCC2CC3)(c2ccccc2)c2ccccc2)no1. The van der Waals surface area contributed by atoms with Crippen molar-refractivity contribution in [2.45, 2.75) is 50.5 Å². The molecule has 2 aromatic carbocycles. The molecule has 2 bridgehead atoms. The van der Waals surface area contributed by atoms with Crippen LogP contribution < -0.4 is 0 Å². The molecule has 0 amide bonds. The molecule has 3 fully saturated rings. The third-order valence-electron chi connectivity index (χ3n) is 7.04. The Bertz CT molecular complexity index is 889. The Balaban J connectivity index is 1.58. The van der Waals surface area contributed by atoms with Crippen LogP contribution in [0.1, 0.15) is 54.9 Å². The lowest BCUT2D eigenvalue weighted by Crippen LogP contribution is -2.49. The fraction of sp³-hybridized carbons (Fsp3) is 0.440. The van der Waals surface area contributed by atoms with E-state index in [-0.39, 0.29) is 0 Å². The largest absolute Gasteiger partial charge is 0.340 e. The average molecular weight is 388 g/mol. The van der Waals surface area contributed by atoms with Crippen molar-refractivity contribution in [3.63, 3.8) is 0 Å². The van der Waals surface area contributed by atoms with E-state index in [0.29, 0.717) is 5.89 Å². The Morgan fingerprint density at radius 2 is 1.55 bits per heavy atom. The van der Waals surface area contributed by atoms with E-state index in [0.717, 1.165) is 30.7 Å². The fourth-order valence-electron chi connectivity index (χ4n) is 5.50. The molecule has 4 heteroatoms. The van der Waals surface area contributed by atoms with Crippen LogP contribution in [0.25, 0.3) is 0 Å². The van der Waals surface area contributed by atoms with Gasteiger partial charge in [-0.2, -0.15) is 4.98 Å². The van der Waals surface area contributed by atoms with Crippen molar-refractivity contribution in [1.82, 2.24) is 15.0 Å². The van der Waals surface area contributed by atoms with Gasteiger partial charge in [-0.3, -0.25) is 0 Å². The summed E-state index contributed by atoms with van der Waals surface area (Å²) in [4.78, 5) is 7.48. The van der Waals surface area contributed by atoms with Crippen molar-refractivity contribution in [2.75, 3.05) is 13.1 Å². The van der Waals surface area contributed by atoms with E-state index in [9.17, 15) is 0 Å². The third kappa shape index (κ3) is 3.40. The van der Waals surface area contributed by atoms with Crippen LogP contribution in [0.15, 0.2) is 65.2 Å². The van der Waals surface area contributed by atoms with E-state index in [4.69, 9.17) is 9.51 Å². The molecule has 2 aliphatic heterocycles. The van der Waals surface area contributed by atoms with E-state index in [2.05, 4.69) is 70.7 Å². The number of aryl methyl sites for hydroxylation is 1. The molecule has 0 spiro atoms. The fourth-order valence-corrected chi connectivity index (χ4v) is 5.50. The second kappa shape index (κ2) is 7.75. The Hall–Kier alpha value is -2.46. The molecule has 3 aromatic rings. The van der Waals surface area contributed by atoms with Gasteiger partial charge in [-0.1, -0.05) is 65.8 Å². The van der Waals surface area contributed by atoms with Crippen LogP contribution in [-0.2, 0) is 5.41 Å². The van der Waals surface area contributed by atoms with Crippen LogP contribution in [-0.4, -0.2) is 34.2 Å². The van der Waals surface area contributed by atoms with Crippen LogP contribution in [0.2, 0.25) is 0 Å². The van der Waals surface area contributed by atoms with Gasteiger partial charge in [0.2, 0.25) is 5.89 Å². The van der Waals surface area contributed by atoms with Gasteiger partial charge in [-0.25, -0.2) is 0 Å². The normalized spacial score (nSPS) is 22.1. The monoisotopic (exact) mass is 387 g/mol. The van der Waals surface area contributed by atoms with Gasteiger partial charge < -0.3 is 9.42 Å². The zero-order valence-electron chi connectivity index (χ0n) is 17.1. The highest BCUT2D eigenvalue weighted by molar-refractivity contribution is 5.46. The molecule has 29 heavy (non-hydrogen) atoms. The lowest BCUT2D eigenvalue weighted by molar-refractivity contribution is 0.0450. The standard InChI is InChI=1S/C25H29N3O/c1-19-26-24(27-29-19)25(21-8-4-2-5-9-21,22-10-6-3-7-11-22)16-17-28-18-20-12-14-23(28)15-13-20/h2-11,20,23H,12-18H2,1H3. The second-order valence-electron chi connectivity index (χ2n) is 8.69. The molecule has 150 valence electrons. The quantitative estimate of drug-likeness (QED) is 0.598. The maximum absolute atomic E-state index is 5.48. The maximum Gasteiger partial charge on any atom is 0.223 e. The van der Waals surface area contributed by atoms with Gasteiger partial charge in [0.25, 0.3) is 0 Å². The number of hydrogen-bond acceptors (Lipinski definition) is 4. The van der Waals surface area contributed by atoms with Crippen LogP contribution in [0.4, 0.5) is 0 Å². The minimum Gasteiger partial charge on any atom is -0.340 e. The van der Waals surface area contributed by atoms with Gasteiger partial charge in [-0.05, 0) is 49.1 Å². The van der Waals surface area contributed by atoms with Crippen LogP contribution in [0, 0.1) is 12.8 Å². The Labute approximate surface area is 172 Å². The zero-order valence-corrected chi connectivity index (χ0v) is 17.1. The summed E-state index contributed by atoms with van der Waals surface area (Å²) in [5.41, 5.74) is 2.06. The maximum atomic E-state index is 5.48. The molecular formula is C25H29N3O. The first-order valence-corrected chi connectivity index (χ1v) is 10.9. The molecule has 1 saturated carbocycles. The summed E-state index contributed by atoms with van der Waals surface area (Å²) in [6, 6.07) is 22.2. The van der Waals surface area contributed by atoms with Gasteiger partial charge in [0.15, 0.2) is 5.82 Å². The minimum atomic E-state index is -0.406. The summed E-state index contributed by atoms with van der Waals surface area (Å²) < 4.78 is 5.48. The molecule has 1 aromatic heterocycles. The Kier molecular flexibility index (Phi) is 4.96. The van der Waals surface area contributed by atoms with Gasteiger partial charge in [0.05, 0.1) is 5.41 Å². The number of rotatable bonds is 6. The average Bonchev–Trinajstić information content (AvgIpc) is 3.23. The third-order valence-corrected chi connectivity index (χ3v) is 7.04. The van der Waals surface area contributed by atoms with Crippen molar-refractivity contribution in [2.24, 2.45) is 5.92 Å². The van der Waals surface area contributed by atoms with Crippen LogP contribution >= 0.6 is 0 Å². The zero-order chi connectivity index (χ0) is 19.7. The van der Waals surface area contributed by atoms with Gasteiger partial charge >= 0.3 is 0 Å². The Morgan fingerprint density at radius 1 is 0.931 bits per heavy atom. The molecule has 0 radical (unpaired) electrons. The van der Waals surface area contributed by atoms with Crippen molar-refractivity contribution in [3.05, 3.63) is 83.5 Å². The highest BCUT2D eigenvalue weighted by atomic mass is 16.5. The van der Waals surface area contributed by atoms with Gasteiger partial charge in [-0.15, -0.1) is 0 Å². The van der Waals surface area contributed by atoms with E-state index in [1.807, 2.05) is 6.92 Å². The molecule has 0 N–H and O–H groups in total.